The summed E-state index contributed by atoms with van der Waals surface area (Å²) in [4.78, 5) is 14.0. The van der Waals surface area contributed by atoms with E-state index in [-0.39, 0.29) is 0 Å². The van der Waals surface area contributed by atoms with Gasteiger partial charge in [0, 0.05) is 6.54 Å². The molecule has 0 saturated carbocycles. The molecule has 1 aliphatic rings. The summed E-state index contributed by atoms with van der Waals surface area (Å²) >= 11 is 5.05. The summed E-state index contributed by atoms with van der Waals surface area (Å²) < 4.78 is 0. The Labute approximate surface area is 51.7 Å². The topological polar surface area (TPSA) is 41.5 Å². The smallest absolute Gasteiger partial charge is 0.287 e. The normalized spacial score (nSPS) is 17.4. The van der Waals surface area contributed by atoms with E-state index in [1.807, 2.05) is 0 Å². The molecule has 0 fully saturated rings. The molecule has 0 radical (unpaired) electrons. The Morgan fingerprint density at radius 3 is 2.88 bits per heavy atom. The van der Waals surface area contributed by atoms with Crippen LogP contribution in [0, 0.1) is 0 Å². The summed E-state index contributed by atoms with van der Waals surface area (Å²) in [5.41, 5.74) is 0. The first kappa shape index (κ1) is 5.56. The number of nitrogens with one attached hydrogen (secondary N) is 1. The maximum atomic E-state index is 10.2. The molecule has 0 aliphatic carbocycles. The van der Waals surface area contributed by atoms with Gasteiger partial charge in [-0.25, -0.2) is 0 Å². The molecule has 0 spiro atoms. The molecular formula is C4H5ClN2O. The number of hydrogen-bond donors (Lipinski definition) is 1. The highest BCUT2D eigenvalue weighted by molar-refractivity contribution is 6.81. The molecule has 3 nitrogen and oxygen atoms in total. The summed E-state index contributed by atoms with van der Waals surface area (Å²) in [7, 11) is 0. The molecule has 8 heavy (non-hydrogen) atoms. The van der Waals surface area contributed by atoms with Crippen molar-refractivity contribution in [1.29, 1.82) is 0 Å². The third-order valence-electron chi connectivity index (χ3n) is 0.860. The number of hydrogen-bond acceptors (Lipinski definition) is 3. The summed E-state index contributed by atoms with van der Waals surface area (Å²) in [6.07, 6.45) is 0. The molecule has 0 unspecified atom stereocenters. The van der Waals surface area contributed by atoms with Gasteiger partial charge in [-0.15, -0.1) is 0 Å². The van der Waals surface area contributed by atoms with Crippen molar-refractivity contribution in [2.24, 2.45) is 4.99 Å². The SMILES string of the molecule is O=C(Cl)C1=NCCN1. The first-order valence-electron chi connectivity index (χ1n) is 2.29. The van der Waals surface area contributed by atoms with Gasteiger partial charge in [-0.1, -0.05) is 0 Å². The predicted molar refractivity (Wildman–Crippen MR) is 31.2 cm³/mol. The summed E-state index contributed by atoms with van der Waals surface area (Å²) in [6, 6.07) is 0. The van der Waals surface area contributed by atoms with Gasteiger partial charge >= 0.3 is 0 Å². The number of aliphatic imine (C=N–C) groups is 1. The van der Waals surface area contributed by atoms with Gasteiger partial charge in [-0.05, 0) is 11.6 Å². The van der Waals surface area contributed by atoms with E-state index in [1.165, 1.54) is 0 Å². The number of halogens is 1. The molecule has 1 heterocycles. The molecule has 0 bridgehead atoms. The third-order valence-corrected chi connectivity index (χ3v) is 1.04. The van der Waals surface area contributed by atoms with Crippen LogP contribution in [-0.2, 0) is 4.79 Å². The van der Waals surface area contributed by atoms with E-state index in [9.17, 15) is 4.79 Å². The molecule has 0 aromatic rings. The van der Waals surface area contributed by atoms with Gasteiger partial charge in [-0.2, -0.15) is 0 Å². The Hall–Kier alpha value is -0.570. The Morgan fingerprint density at radius 1 is 1.88 bits per heavy atom. The number of amidine groups is 1. The molecule has 0 aromatic carbocycles. The van der Waals surface area contributed by atoms with Gasteiger partial charge in [-0.3, -0.25) is 9.79 Å². The second-order valence-electron chi connectivity index (χ2n) is 1.43. The van der Waals surface area contributed by atoms with Crippen LogP contribution in [0.25, 0.3) is 0 Å². The standard InChI is InChI=1S/C4H5ClN2O/c5-3(8)4-6-1-2-7-4/h1-2H2,(H,6,7). The first-order chi connectivity index (χ1) is 3.80. The predicted octanol–water partition coefficient (Wildman–Crippen LogP) is -0.246. The molecule has 0 amide bonds. The van der Waals surface area contributed by atoms with E-state index >= 15 is 0 Å². The van der Waals surface area contributed by atoms with Crippen molar-refractivity contribution in [1.82, 2.24) is 5.32 Å². The lowest BCUT2D eigenvalue weighted by atomic mass is 10.6. The number of nitrogens with zero attached hydrogens (tertiary/aromatic N) is 1. The lowest BCUT2D eigenvalue weighted by Gasteiger charge is -1.89. The maximum absolute atomic E-state index is 10.2. The van der Waals surface area contributed by atoms with E-state index in [2.05, 4.69) is 10.3 Å². The lowest BCUT2D eigenvalue weighted by molar-refractivity contribution is -0.106. The third kappa shape index (κ3) is 0.980. The van der Waals surface area contributed by atoms with Crippen molar-refractivity contribution in [2.45, 2.75) is 0 Å². The fourth-order valence-electron chi connectivity index (χ4n) is 0.530. The monoisotopic (exact) mass is 132 g/mol. The van der Waals surface area contributed by atoms with E-state index in [4.69, 9.17) is 11.6 Å². The van der Waals surface area contributed by atoms with E-state index in [1.54, 1.807) is 0 Å². The number of rotatable bonds is 1. The van der Waals surface area contributed by atoms with Crippen LogP contribution < -0.4 is 5.32 Å². The zero-order valence-electron chi connectivity index (χ0n) is 4.15. The highest BCUT2D eigenvalue weighted by Gasteiger charge is 2.10. The zero-order chi connectivity index (χ0) is 5.98. The van der Waals surface area contributed by atoms with Gasteiger partial charge in [0.2, 0.25) is 0 Å². The van der Waals surface area contributed by atoms with Crippen molar-refractivity contribution < 1.29 is 4.79 Å². The van der Waals surface area contributed by atoms with E-state index in [0.717, 1.165) is 6.54 Å². The van der Waals surface area contributed by atoms with Gasteiger partial charge in [0.15, 0.2) is 5.84 Å². The number of carbonyl (C=O) groups excluding carboxylic acids is 1. The maximum Gasteiger partial charge on any atom is 0.287 e. The summed E-state index contributed by atoms with van der Waals surface area (Å²) in [6.45, 7) is 1.39. The van der Waals surface area contributed by atoms with Crippen LogP contribution in [0.2, 0.25) is 0 Å². The summed E-state index contributed by atoms with van der Waals surface area (Å²) in [5.74, 6) is 0.298. The average molecular weight is 133 g/mol. The minimum atomic E-state index is -0.498. The molecule has 1 aliphatic heterocycles. The number of carbonyl (C=O) groups is 1. The van der Waals surface area contributed by atoms with Crippen LogP contribution in [0.15, 0.2) is 4.99 Å². The largest absolute Gasteiger partial charge is 0.364 e. The Bertz CT molecular complexity index is 143. The Balaban J connectivity index is 2.57. The molecule has 1 N–H and O–H groups in total. The molecular weight excluding hydrogens is 128 g/mol. The molecule has 44 valence electrons. The zero-order valence-corrected chi connectivity index (χ0v) is 4.90. The Kier molecular flexibility index (Phi) is 1.48. The van der Waals surface area contributed by atoms with Crippen molar-refractivity contribution in [2.75, 3.05) is 13.1 Å². The Morgan fingerprint density at radius 2 is 2.62 bits per heavy atom. The van der Waals surface area contributed by atoms with Crippen LogP contribution in [-0.4, -0.2) is 24.2 Å². The van der Waals surface area contributed by atoms with Crippen molar-refractivity contribution in [3.8, 4) is 0 Å². The fraction of sp³-hybridized carbons (Fsp3) is 0.500. The van der Waals surface area contributed by atoms with Crippen LogP contribution >= 0.6 is 11.6 Å². The second kappa shape index (κ2) is 2.13. The second-order valence-corrected chi connectivity index (χ2v) is 1.77. The van der Waals surface area contributed by atoms with Crippen LogP contribution in [0.1, 0.15) is 0 Å². The molecule has 0 saturated heterocycles. The lowest BCUT2D eigenvalue weighted by Crippen LogP contribution is -2.23. The van der Waals surface area contributed by atoms with Crippen LogP contribution in [0.4, 0.5) is 0 Å². The molecule has 1 rings (SSSR count). The van der Waals surface area contributed by atoms with E-state index < -0.39 is 5.24 Å². The highest BCUT2D eigenvalue weighted by Crippen LogP contribution is 1.88. The van der Waals surface area contributed by atoms with Crippen molar-refractivity contribution in [3.63, 3.8) is 0 Å². The molecule has 0 aromatic heterocycles. The van der Waals surface area contributed by atoms with Crippen LogP contribution in [0.5, 0.6) is 0 Å². The van der Waals surface area contributed by atoms with E-state index in [0.29, 0.717) is 12.4 Å². The van der Waals surface area contributed by atoms with Gasteiger partial charge in [0.05, 0.1) is 6.54 Å². The first-order valence-corrected chi connectivity index (χ1v) is 2.66. The van der Waals surface area contributed by atoms with Gasteiger partial charge in [0.1, 0.15) is 0 Å². The molecule has 4 heteroatoms. The van der Waals surface area contributed by atoms with Crippen molar-refractivity contribution >= 4 is 22.7 Å². The summed E-state index contributed by atoms with van der Waals surface area (Å²) in [5, 5.41) is 2.23. The minimum absolute atomic E-state index is 0.298. The fourth-order valence-corrected chi connectivity index (χ4v) is 0.656. The van der Waals surface area contributed by atoms with Crippen molar-refractivity contribution in [3.05, 3.63) is 0 Å². The quantitative estimate of drug-likeness (QED) is 0.500. The van der Waals surface area contributed by atoms with Gasteiger partial charge < -0.3 is 5.32 Å². The van der Waals surface area contributed by atoms with Gasteiger partial charge in [0.25, 0.3) is 5.24 Å². The van der Waals surface area contributed by atoms with Crippen LogP contribution in [0.3, 0.4) is 0 Å². The minimum Gasteiger partial charge on any atom is -0.364 e. The highest BCUT2D eigenvalue weighted by atomic mass is 35.5. The molecule has 0 atom stereocenters. The average Bonchev–Trinajstić information content (AvgIpc) is 2.12.